The van der Waals surface area contributed by atoms with Gasteiger partial charge < -0.3 is 14.6 Å². The zero-order valence-corrected chi connectivity index (χ0v) is 10.6. The minimum absolute atomic E-state index is 0.0952. The van der Waals surface area contributed by atoms with Crippen molar-refractivity contribution >= 4 is 11.6 Å². The fraction of sp³-hybridized carbons (Fsp3) is 0.125. The Hall–Kier alpha value is -2.42. The van der Waals surface area contributed by atoms with Crippen molar-refractivity contribution in [2.75, 3.05) is 13.7 Å². The maximum Gasteiger partial charge on any atom is 0.161 e. The summed E-state index contributed by atoms with van der Waals surface area (Å²) in [5, 5.41) is 9.72. The lowest BCUT2D eigenvalue weighted by molar-refractivity contribution is 0.349. The lowest BCUT2D eigenvalue weighted by Gasteiger charge is -2.19. The fourth-order valence-corrected chi connectivity index (χ4v) is 2.17. The van der Waals surface area contributed by atoms with E-state index in [2.05, 4.69) is 18.2 Å². The molecular formula is C16H14O3. The quantitative estimate of drug-likeness (QED) is 0.893. The molecule has 0 amide bonds. The highest BCUT2D eigenvalue weighted by atomic mass is 16.5. The molecule has 3 nitrogen and oxygen atoms in total. The van der Waals surface area contributed by atoms with Gasteiger partial charge >= 0.3 is 0 Å². The van der Waals surface area contributed by atoms with Gasteiger partial charge in [-0.25, -0.2) is 0 Å². The number of hydrogen-bond acceptors (Lipinski definition) is 3. The van der Waals surface area contributed by atoms with Crippen LogP contribution in [-0.4, -0.2) is 18.8 Å². The lowest BCUT2D eigenvalue weighted by Crippen LogP contribution is -2.06. The molecule has 1 aliphatic rings. The molecule has 0 spiro atoms. The number of rotatable bonds is 2. The molecule has 96 valence electrons. The van der Waals surface area contributed by atoms with E-state index >= 15 is 0 Å². The highest BCUT2D eigenvalue weighted by Gasteiger charge is 2.16. The van der Waals surface area contributed by atoms with Crippen molar-refractivity contribution in [3.05, 3.63) is 53.6 Å². The molecule has 2 aromatic carbocycles. The van der Waals surface area contributed by atoms with Crippen LogP contribution in [0.1, 0.15) is 11.1 Å². The van der Waals surface area contributed by atoms with E-state index in [1.165, 1.54) is 7.11 Å². The van der Waals surface area contributed by atoms with Crippen molar-refractivity contribution in [2.45, 2.75) is 0 Å². The third kappa shape index (κ3) is 2.15. The van der Waals surface area contributed by atoms with Gasteiger partial charge in [-0.05, 0) is 23.3 Å². The molecular weight excluding hydrogens is 240 g/mol. The van der Waals surface area contributed by atoms with Crippen molar-refractivity contribution in [3.8, 4) is 17.2 Å². The second-order valence-electron chi connectivity index (χ2n) is 4.39. The first-order valence-corrected chi connectivity index (χ1v) is 6.08. The first-order chi connectivity index (χ1) is 9.28. The van der Waals surface area contributed by atoms with E-state index in [9.17, 15) is 5.11 Å². The Labute approximate surface area is 111 Å². The zero-order valence-electron chi connectivity index (χ0n) is 10.6. The van der Waals surface area contributed by atoms with Gasteiger partial charge in [-0.15, -0.1) is 0 Å². The van der Waals surface area contributed by atoms with Crippen LogP contribution < -0.4 is 9.47 Å². The fourth-order valence-electron chi connectivity index (χ4n) is 2.17. The van der Waals surface area contributed by atoms with Crippen LogP contribution in [-0.2, 0) is 0 Å². The van der Waals surface area contributed by atoms with Gasteiger partial charge in [-0.1, -0.05) is 30.3 Å². The van der Waals surface area contributed by atoms with Gasteiger partial charge in [0.2, 0.25) is 0 Å². The average molecular weight is 254 g/mol. The number of aromatic hydroxyl groups is 1. The van der Waals surface area contributed by atoms with Crippen LogP contribution in [0.15, 0.2) is 42.5 Å². The van der Waals surface area contributed by atoms with Crippen molar-refractivity contribution in [1.82, 2.24) is 0 Å². The second-order valence-corrected chi connectivity index (χ2v) is 4.39. The van der Waals surface area contributed by atoms with E-state index < -0.39 is 0 Å². The summed E-state index contributed by atoms with van der Waals surface area (Å²) < 4.78 is 10.8. The average Bonchev–Trinajstić information content (AvgIpc) is 2.47. The van der Waals surface area contributed by atoms with Crippen LogP contribution in [0.25, 0.3) is 11.6 Å². The molecule has 0 fully saturated rings. The Kier molecular flexibility index (Phi) is 2.88. The van der Waals surface area contributed by atoms with E-state index in [-0.39, 0.29) is 5.75 Å². The number of ether oxygens (including phenoxy) is 2. The standard InChI is InChI=1S/C16H14O3/c1-18-16-8-12-7-13(11-5-3-2-4-6-11)10-19-15(12)9-14(16)17/h2-9,17H,10H2,1H3. The Morgan fingerprint density at radius 3 is 2.68 bits per heavy atom. The first-order valence-electron chi connectivity index (χ1n) is 6.08. The van der Waals surface area contributed by atoms with Crippen LogP contribution in [0.3, 0.4) is 0 Å². The van der Waals surface area contributed by atoms with Crippen LogP contribution in [0.2, 0.25) is 0 Å². The van der Waals surface area contributed by atoms with Crippen LogP contribution in [0.4, 0.5) is 0 Å². The predicted molar refractivity (Wildman–Crippen MR) is 74.5 cm³/mol. The largest absolute Gasteiger partial charge is 0.504 e. The van der Waals surface area contributed by atoms with Crippen LogP contribution in [0, 0.1) is 0 Å². The molecule has 0 aromatic heterocycles. The molecule has 0 atom stereocenters. The SMILES string of the molecule is COc1cc2c(cc1O)OCC(c1ccccc1)=C2. The van der Waals surface area contributed by atoms with Gasteiger partial charge in [-0.3, -0.25) is 0 Å². The third-order valence-electron chi connectivity index (χ3n) is 3.17. The van der Waals surface area contributed by atoms with Gasteiger partial charge in [0.25, 0.3) is 0 Å². The highest BCUT2D eigenvalue weighted by Crippen LogP contribution is 2.38. The molecule has 0 saturated heterocycles. The monoisotopic (exact) mass is 254 g/mol. The van der Waals surface area contributed by atoms with Gasteiger partial charge in [-0.2, -0.15) is 0 Å². The van der Waals surface area contributed by atoms with E-state index in [0.717, 1.165) is 16.7 Å². The van der Waals surface area contributed by atoms with Gasteiger partial charge in [0.05, 0.1) is 7.11 Å². The molecule has 0 radical (unpaired) electrons. The Balaban J connectivity index is 2.05. The molecule has 1 heterocycles. The molecule has 3 heteroatoms. The zero-order chi connectivity index (χ0) is 13.2. The molecule has 19 heavy (non-hydrogen) atoms. The summed E-state index contributed by atoms with van der Waals surface area (Å²) in [6, 6.07) is 13.5. The van der Waals surface area contributed by atoms with E-state index in [1.807, 2.05) is 18.2 Å². The summed E-state index contributed by atoms with van der Waals surface area (Å²) in [4.78, 5) is 0. The molecule has 1 aliphatic heterocycles. The van der Waals surface area contributed by atoms with Crippen molar-refractivity contribution in [3.63, 3.8) is 0 Å². The molecule has 1 N–H and O–H groups in total. The van der Waals surface area contributed by atoms with E-state index in [4.69, 9.17) is 9.47 Å². The number of phenols is 1. The minimum atomic E-state index is 0.0952. The molecule has 2 aromatic rings. The summed E-state index contributed by atoms with van der Waals surface area (Å²) in [5.41, 5.74) is 3.17. The third-order valence-corrected chi connectivity index (χ3v) is 3.17. The molecule has 0 saturated carbocycles. The Morgan fingerprint density at radius 2 is 1.95 bits per heavy atom. The predicted octanol–water partition coefficient (Wildman–Crippen LogP) is 3.33. The summed E-state index contributed by atoms with van der Waals surface area (Å²) in [6.45, 7) is 0.503. The Morgan fingerprint density at radius 1 is 1.16 bits per heavy atom. The minimum Gasteiger partial charge on any atom is -0.504 e. The summed E-state index contributed by atoms with van der Waals surface area (Å²) in [7, 11) is 1.53. The van der Waals surface area contributed by atoms with Crippen molar-refractivity contribution in [2.24, 2.45) is 0 Å². The number of methoxy groups -OCH3 is 1. The Bertz CT molecular complexity index is 630. The number of fused-ring (bicyclic) bond motifs is 1. The van der Waals surface area contributed by atoms with Crippen molar-refractivity contribution in [1.29, 1.82) is 0 Å². The summed E-state index contributed by atoms with van der Waals surface area (Å²) in [5.74, 6) is 1.23. The number of phenolic OH excluding ortho intramolecular Hbond substituents is 1. The second kappa shape index (κ2) is 4.69. The first kappa shape index (κ1) is 11.7. The topological polar surface area (TPSA) is 38.7 Å². The van der Waals surface area contributed by atoms with E-state index in [0.29, 0.717) is 18.1 Å². The maximum absolute atomic E-state index is 9.72. The summed E-state index contributed by atoms with van der Waals surface area (Å²) >= 11 is 0. The number of hydrogen-bond donors (Lipinski definition) is 1. The van der Waals surface area contributed by atoms with Gasteiger partial charge in [0.1, 0.15) is 12.4 Å². The highest BCUT2D eigenvalue weighted by molar-refractivity contribution is 5.86. The van der Waals surface area contributed by atoms with Gasteiger partial charge in [0.15, 0.2) is 11.5 Å². The lowest BCUT2D eigenvalue weighted by atomic mass is 10.0. The molecule has 3 rings (SSSR count). The number of benzene rings is 2. The molecule has 0 bridgehead atoms. The maximum atomic E-state index is 9.72. The van der Waals surface area contributed by atoms with Crippen molar-refractivity contribution < 1.29 is 14.6 Å². The smallest absolute Gasteiger partial charge is 0.161 e. The van der Waals surface area contributed by atoms with Crippen LogP contribution in [0.5, 0.6) is 17.2 Å². The van der Waals surface area contributed by atoms with Crippen LogP contribution >= 0.6 is 0 Å². The normalized spacial score (nSPS) is 13.2. The molecule has 0 unspecified atom stereocenters. The van der Waals surface area contributed by atoms with Gasteiger partial charge in [0, 0.05) is 11.6 Å². The molecule has 0 aliphatic carbocycles. The summed E-state index contributed by atoms with van der Waals surface area (Å²) in [6.07, 6.45) is 2.07. The van der Waals surface area contributed by atoms with E-state index in [1.54, 1.807) is 12.1 Å².